The summed E-state index contributed by atoms with van der Waals surface area (Å²) in [7, 11) is 0. The monoisotopic (exact) mass is 243 g/mol. The van der Waals surface area contributed by atoms with Gasteiger partial charge in [0.25, 0.3) is 0 Å². The molecule has 1 atom stereocenters. The first kappa shape index (κ1) is 12.9. The summed E-state index contributed by atoms with van der Waals surface area (Å²) in [6.07, 6.45) is 3.80. The van der Waals surface area contributed by atoms with Gasteiger partial charge in [-0.1, -0.05) is 32.0 Å². The van der Waals surface area contributed by atoms with Crippen LogP contribution in [0, 0.1) is 6.92 Å². The Morgan fingerprint density at radius 1 is 1.17 bits per heavy atom. The van der Waals surface area contributed by atoms with Crippen molar-refractivity contribution in [3.63, 3.8) is 0 Å². The Labute approximate surface area is 109 Å². The average Bonchev–Trinajstić information content (AvgIpc) is 2.83. The van der Waals surface area contributed by atoms with Gasteiger partial charge in [-0.05, 0) is 42.5 Å². The molecule has 2 aromatic rings. The lowest BCUT2D eigenvalue weighted by atomic mass is 9.93. The largest absolute Gasteiger partial charge is 0.469 e. The maximum atomic E-state index is 6.37. The second kappa shape index (κ2) is 5.40. The maximum absolute atomic E-state index is 6.37. The van der Waals surface area contributed by atoms with Gasteiger partial charge in [-0.2, -0.15) is 0 Å². The van der Waals surface area contributed by atoms with Crippen molar-refractivity contribution in [1.82, 2.24) is 0 Å². The van der Waals surface area contributed by atoms with E-state index in [4.69, 9.17) is 10.2 Å². The molecule has 1 heterocycles. The number of rotatable bonds is 4. The molecule has 1 unspecified atom stereocenters. The second-order valence-corrected chi connectivity index (χ2v) is 4.71. The molecular formula is C16H21NO. The maximum Gasteiger partial charge on any atom is 0.101 e. The van der Waals surface area contributed by atoms with Crippen molar-refractivity contribution < 1.29 is 4.42 Å². The van der Waals surface area contributed by atoms with E-state index in [1.807, 2.05) is 13.0 Å². The fourth-order valence-corrected chi connectivity index (χ4v) is 2.28. The zero-order chi connectivity index (χ0) is 13.1. The number of nitrogens with two attached hydrogens (primary N) is 1. The summed E-state index contributed by atoms with van der Waals surface area (Å²) < 4.78 is 5.36. The van der Waals surface area contributed by atoms with Crippen molar-refractivity contribution in [2.24, 2.45) is 5.73 Å². The van der Waals surface area contributed by atoms with E-state index in [2.05, 4.69) is 32.0 Å². The Bertz CT molecular complexity index is 528. The molecule has 2 nitrogen and oxygen atoms in total. The van der Waals surface area contributed by atoms with Crippen LogP contribution in [0.5, 0.6) is 0 Å². The minimum atomic E-state index is -0.0936. The van der Waals surface area contributed by atoms with Crippen molar-refractivity contribution in [2.45, 2.75) is 39.7 Å². The van der Waals surface area contributed by atoms with E-state index in [-0.39, 0.29) is 6.04 Å². The Kier molecular flexibility index (Phi) is 3.87. The molecule has 1 aromatic heterocycles. The number of benzene rings is 1. The lowest BCUT2D eigenvalue weighted by molar-refractivity contribution is 0.530. The minimum absolute atomic E-state index is 0.0936. The Balaban J connectivity index is 2.41. The summed E-state index contributed by atoms with van der Waals surface area (Å²) in [5.41, 5.74) is 11.3. The molecule has 2 N–H and O–H groups in total. The highest BCUT2D eigenvalue weighted by Gasteiger charge is 2.14. The summed E-state index contributed by atoms with van der Waals surface area (Å²) in [6.45, 7) is 6.27. The van der Waals surface area contributed by atoms with Crippen LogP contribution < -0.4 is 5.73 Å². The topological polar surface area (TPSA) is 39.2 Å². The van der Waals surface area contributed by atoms with Crippen molar-refractivity contribution >= 4 is 0 Å². The van der Waals surface area contributed by atoms with Gasteiger partial charge in [0.15, 0.2) is 0 Å². The van der Waals surface area contributed by atoms with Gasteiger partial charge in [-0.3, -0.25) is 0 Å². The summed E-state index contributed by atoms with van der Waals surface area (Å²) in [5.74, 6) is 0.908. The molecule has 0 saturated carbocycles. The van der Waals surface area contributed by atoms with Gasteiger partial charge in [0.2, 0.25) is 0 Å². The van der Waals surface area contributed by atoms with Gasteiger partial charge in [-0.25, -0.2) is 0 Å². The predicted octanol–water partition coefficient (Wildman–Crippen LogP) is 3.76. The van der Waals surface area contributed by atoms with Crippen molar-refractivity contribution in [1.29, 1.82) is 0 Å². The van der Waals surface area contributed by atoms with E-state index < -0.39 is 0 Å². The third kappa shape index (κ3) is 2.49. The molecule has 0 aliphatic heterocycles. The van der Waals surface area contributed by atoms with Crippen LogP contribution in [0.4, 0.5) is 0 Å². The smallest absolute Gasteiger partial charge is 0.101 e. The summed E-state index contributed by atoms with van der Waals surface area (Å²) in [4.78, 5) is 0. The summed E-state index contributed by atoms with van der Waals surface area (Å²) >= 11 is 0. The highest BCUT2D eigenvalue weighted by atomic mass is 16.3. The predicted molar refractivity (Wildman–Crippen MR) is 74.7 cm³/mol. The molecule has 1 aromatic carbocycles. The number of hydrogen-bond acceptors (Lipinski definition) is 2. The van der Waals surface area contributed by atoms with E-state index >= 15 is 0 Å². The molecule has 2 heteroatoms. The highest BCUT2D eigenvalue weighted by molar-refractivity contribution is 5.39. The van der Waals surface area contributed by atoms with Crippen molar-refractivity contribution in [3.8, 4) is 0 Å². The zero-order valence-corrected chi connectivity index (χ0v) is 11.4. The molecule has 18 heavy (non-hydrogen) atoms. The van der Waals surface area contributed by atoms with Gasteiger partial charge in [0.1, 0.15) is 5.76 Å². The molecule has 0 aliphatic carbocycles. The molecule has 0 amide bonds. The van der Waals surface area contributed by atoms with Crippen LogP contribution in [0.1, 0.15) is 47.9 Å². The molecule has 0 saturated heterocycles. The van der Waals surface area contributed by atoms with Crippen molar-refractivity contribution in [2.75, 3.05) is 0 Å². The van der Waals surface area contributed by atoms with Gasteiger partial charge in [0, 0.05) is 5.56 Å². The van der Waals surface area contributed by atoms with Gasteiger partial charge in [-0.15, -0.1) is 0 Å². The van der Waals surface area contributed by atoms with Gasteiger partial charge < -0.3 is 10.2 Å². The van der Waals surface area contributed by atoms with Crippen LogP contribution in [0.25, 0.3) is 0 Å². The highest BCUT2D eigenvalue weighted by Crippen LogP contribution is 2.26. The van der Waals surface area contributed by atoms with Gasteiger partial charge >= 0.3 is 0 Å². The summed E-state index contributed by atoms with van der Waals surface area (Å²) in [5, 5.41) is 0. The summed E-state index contributed by atoms with van der Waals surface area (Å²) in [6, 6.07) is 8.54. The third-order valence-corrected chi connectivity index (χ3v) is 3.44. The fourth-order valence-electron chi connectivity index (χ4n) is 2.28. The van der Waals surface area contributed by atoms with Crippen LogP contribution in [0.15, 0.2) is 34.9 Å². The SMILES string of the molecule is CCc1ccc(CC)c(C(N)c2coc(C)c2)c1. The van der Waals surface area contributed by atoms with Crippen LogP contribution in [-0.4, -0.2) is 0 Å². The van der Waals surface area contributed by atoms with E-state index in [0.717, 1.165) is 24.2 Å². The first-order valence-electron chi connectivity index (χ1n) is 6.58. The fraction of sp³-hybridized carbons (Fsp3) is 0.375. The molecule has 0 spiro atoms. The Hall–Kier alpha value is -1.54. The molecule has 0 fully saturated rings. The second-order valence-electron chi connectivity index (χ2n) is 4.71. The van der Waals surface area contributed by atoms with Crippen LogP contribution in [-0.2, 0) is 12.8 Å². The van der Waals surface area contributed by atoms with Gasteiger partial charge in [0.05, 0.1) is 12.3 Å². The average molecular weight is 243 g/mol. The van der Waals surface area contributed by atoms with Crippen LogP contribution in [0.2, 0.25) is 0 Å². The van der Waals surface area contributed by atoms with Crippen LogP contribution in [0.3, 0.4) is 0 Å². The molecule has 0 radical (unpaired) electrons. The first-order chi connectivity index (χ1) is 8.65. The first-order valence-corrected chi connectivity index (χ1v) is 6.58. The Morgan fingerprint density at radius 3 is 2.50 bits per heavy atom. The molecular weight excluding hydrogens is 222 g/mol. The van der Waals surface area contributed by atoms with Crippen LogP contribution >= 0.6 is 0 Å². The third-order valence-electron chi connectivity index (χ3n) is 3.44. The number of furan rings is 1. The molecule has 96 valence electrons. The standard InChI is InChI=1S/C16H21NO/c1-4-12-6-7-13(5-2)15(9-12)16(17)14-8-11(3)18-10-14/h6-10,16H,4-5,17H2,1-3H3. The lowest BCUT2D eigenvalue weighted by Gasteiger charge is -2.16. The number of hydrogen-bond donors (Lipinski definition) is 1. The lowest BCUT2D eigenvalue weighted by Crippen LogP contribution is -2.13. The Morgan fingerprint density at radius 2 is 1.94 bits per heavy atom. The molecule has 2 rings (SSSR count). The molecule has 0 aliphatic rings. The van der Waals surface area contributed by atoms with E-state index in [1.54, 1.807) is 6.26 Å². The number of aryl methyl sites for hydroxylation is 3. The van der Waals surface area contributed by atoms with E-state index in [0.29, 0.717) is 0 Å². The molecule has 0 bridgehead atoms. The normalized spacial score (nSPS) is 12.7. The van der Waals surface area contributed by atoms with Crippen molar-refractivity contribution in [3.05, 3.63) is 58.5 Å². The zero-order valence-electron chi connectivity index (χ0n) is 11.4. The van der Waals surface area contributed by atoms with E-state index in [9.17, 15) is 0 Å². The minimum Gasteiger partial charge on any atom is -0.469 e. The quantitative estimate of drug-likeness (QED) is 0.888. The van der Waals surface area contributed by atoms with E-state index in [1.165, 1.54) is 16.7 Å².